The number of amides is 1. The van der Waals surface area contributed by atoms with Gasteiger partial charge in [0, 0.05) is 36.4 Å². The molecule has 2 aliphatic rings. The molecule has 1 saturated heterocycles. The summed E-state index contributed by atoms with van der Waals surface area (Å²) in [5, 5.41) is 5.38. The number of carbonyl (C=O) groups excluding carboxylic acids is 1. The van der Waals surface area contributed by atoms with Gasteiger partial charge in [0.05, 0.1) is 24.3 Å². The molecule has 1 aliphatic heterocycles. The molecule has 0 N–H and O–H groups in total. The normalized spacial score (nSPS) is 21.4. The molecule has 7 heteroatoms. The summed E-state index contributed by atoms with van der Waals surface area (Å²) in [7, 11) is 0. The second-order valence-electron chi connectivity index (χ2n) is 9.10. The zero-order valence-electron chi connectivity index (χ0n) is 18.3. The van der Waals surface area contributed by atoms with Gasteiger partial charge in [-0.2, -0.15) is 5.10 Å². The van der Waals surface area contributed by atoms with Crippen LogP contribution in [-0.2, 0) is 21.4 Å². The van der Waals surface area contributed by atoms with Crippen molar-refractivity contribution in [2.45, 2.75) is 43.9 Å². The first-order chi connectivity index (χ1) is 15.6. The summed E-state index contributed by atoms with van der Waals surface area (Å²) in [6.45, 7) is 2.55. The van der Waals surface area contributed by atoms with Crippen molar-refractivity contribution >= 4 is 23.2 Å². The Kier molecular flexibility index (Phi) is 6.15. The highest BCUT2D eigenvalue weighted by molar-refractivity contribution is 6.30. The van der Waals surface area contributed by atoms with Crippen LogP contribution in [0.15, 0.2) is 48.8 Å². The number of nitrogens with zero attached hydrogens (tertiary/aromatic N) is 4. The minimum absolute atomic E-state index is 0.209. The van der Waals surface area contributed by atoms with E-state index in [1.165, 1.54) is 6.42 Å². The quantitative estimate of drug-likeness (QED) is 0.592. The lowest BCUT2D eigenvalue weighted by Gasteiger charge is -2.40. The van der Waals surface area contributed by atoms with Crippen molar-refractivity contribution < 1.29 is 9.53 Å². The minimum Gasteiger partial charge on any atom is -0.379 e. The Labute approximate surface area is 193 Å². The molecule has 0 radical (unpaired) electrons. The molecule has 0 spiro atoms. The standard InChI is InChI=1S/C25H29ClN4O2/c26-21-6-4-20(5-7-21)25(10-2-1-3-11-25)24(31)29-14-15-32-18-19(17-29)16-22-8-9-23-27-12-13-30(23)28-22/h4-9,12-13,19H,1-3,10-11,14-18H2/t19-/m1/s1. The SMILES string of the molecule is O=C(N1CCOC[C@H](Cc2ccc3nccn3n2)C1)C1(c2ccc(Cl)cc2)CCCCC1. The molecular formula is C25H29ClN4O2. The van der Waals surface area contributed by atoms with Crippen LogP contribution in [0.5, 0.6) is 0 Å². The van der Waals surface area contributed by atoms with Crippen molar-refractivity contribution in [1.29, 1.82) is 0 Å². The second kappa shape index (κ2) is 9.20. The van der Waals surface area contributed by atoms with Crippen molar-refractivity contribution in [1.82, 2.24) is 19.5 Å². The van der Waals surface area contributed by atoms with Gasteiger partial charge in [0.15, 0.2) is 5.65 Å². The maximum atomic E-state index is 14.1. The van der Waals surface area contributed by atoms with Gasteiger partial charge in [-0.05, 0) is 49.1 Å². The molecule has 168 valence electrons. The molecule has 5 rings (SSSR count). The molecule has 6 nitrogen and oxygen atoms in total. The van der Waals surface area contributed by atoms with E-state index in [2.05, 4.69) is 10.1 Å². The number of carbonyl (C=O) groups is 1. The molecule has 3 aromatic rings. The van der Waals surface area contributed by atoms with Gasteiger partial charge in [0.1, 0.15) is 0 Å². The first-order valence-electron chi connectivity index (χ1n) is 11.6. The van der Waals surface area contributed by atoms with E-state index in [0.29, 0.717) is 31.3 Å². The van der Waals surface area contributed by atoms with Crippen LogP contribution in [-0.4, -0.2) is 51.7 Å². The number of rotatable bonds is 4. The minimum atomic E-state index is -0.453. The fourth-order valence-corrected chi connectivity index (χ4v) is 5.43. The molecule has 32 heavy (non-hydrogen) atoms. The molecule has 1 atom stereocenters. The number of imidazole rings is 1. The van der Waals surface area contributed by atoms with E-state index in [0.717, 1.165) is 49.0 Å². The zero-order chi connectivity index (χ0) is 22.0. The predicted molar refractivity (Wildman–Crippen MR) is 124 cm³/mol. The second-order valence-corrected chi connectivity index (χ2v) is 9.54. The fraction of sp³-hybridized carbons (Fsp3) is 0.480. The molecule has 1 amide bonds. The number of fused-ring (bicyclic) bond motifs is 1. The van der Waals surface area contributed by atoms with Crippen molar-refractivity contribution in [2.24, 2.45) is 5.92 Å². The zero-order valence-corrected chi connectivity index (χ0v) is 19.0. The summed E-state index contributed by atoms with van der Waals surface area (Å²) in [5.74, 6) is 0.453. The van der Waals surface area contributed by atoms with E-state index < -0.39 is 5.41 Å². The predicted octanol–water partition coefficient (Wildman–Crippen LogP) is 4.30. The van der Waals surface area contributed by atoms with Gasteiger partial charge in [-0.1, -0.05) is 43.0 Å². The Morgan fingerprint density at radius 3 is 2.75 bits per heavy atom. The number of hydrogen-bond donors (Lipinski definition) is 0. The van der Waals surface area contributed by atoms with Crippen LogP contribution in [0.2, 0.25) is 5.02 Å². The molecule has 0 unspecified atom stereocenters. The summed E-state index contributed by atoms with van der Waals surface area (Å²) in [4.78, 5) is 20.4. The first-order valence-corrected chi connectivity index (χ1v) is 11.9. The molecule has 1 aromatic carbocycles. The van der Waals surface area contributed by atoms with Crippen LogP contribution >= 0.6 is 11.6 Å². The van der Waals surface area contributed by atoms with Crippen LogP contribution in [0.25, 0.3) is 5.65 Å². The molecule has 3 heterocycles. The van der Waals surface area contributed by atoms with Crippen LogP contribution in [0.1, 0.15) is 43.4 Å². The molecule has 0 bridgehead atoms. The summed E-state index contributed by atoms with van der Waals surface area (Å²) in [6.07, 6.45) is 9.53. The average Bonchev–Trinajstić information content (AvgIpc) is 3.17. The number of benzene rings is 1. The monoisotopic (exact) mass is 452 g/mol. The Bertz CT molecular complexity index is 1070. The van der Waals surface area contributed by atoms with Crippen molar-refractivity contribution in [3.8, 4) is 0 Å². The van der Waals surface area contributed by atoms with Crippen LogP contribution < -0.4 is 0 Å². The van der Waals surface area contributed by atoms with Gasteiger partial charge in [0.25, 0.3) is 0 Å². The summed E-state index contributed by atoms with van der Waals surface area (Å²) in [5.41, 5.74) is 2.47. The topological polar surface area (TPSA) is 59.7 Å². The molecule has 1 saturated carbocycles. The molecule has 2 aromatic heterocycles. The lowest BCUT2D eigenvalue weighted by atomic mass is 9.68. The third-order valence-corrected chi connectivity index (χ3v) is 7.20. The lowest BCUT2D eigenvalue weighted by Crippen LogP contribution is -2.50. The number of aromatic nitrogens is 3. The van der Waals surface area contributed by atoms with Gasteiger partial charge >= 0.3 is 0 Å². The van der Waals surface area contributed by atoms with E-state index in [1.807, 2.05) is 47.5 Å². The van der Waals surface area contributed by atoms with Gasteiger partial charge in [0.2, 0.25) is 5.91 Å². The first kappa shape index (κ1) is 21.4. The third-order valence-electron chi connectivity index (χ3n) is 6.95. The Morgan fingerprint density at radius 1 is 1.12 bits per heavy atom. The van der Waals surface area contributed by atoms with Crippen molar-refractivity contribution in [3.63, 3.8) is 0 Å². The van der Waals surface area contributed by atoms with E-state index in [9.17, 15) is 4.79 Å². The maximum Gasteiger partial charge on any atom is 0.233 e. The van der Waals surface area contributed by atoms with Gasteiger partial charge in [-0.15, -0.1) is 0 Å². The summed E-state index contributed by atoms with van der Waals surface area (Å²) >= 11 is 6.15. The van der Waals surface area contributed by atoms with E-state index in [4.69, 9.17) is 16.3 Å². The summed E-state index contributed by atoms with van der Waals surface area (Å²) in [6, 6.07) is 11.9. The van der Waals surface area contributed by atoms with Crippen LogP contribution in [0, 0.1) is 5.92 Å². The van der Waals surface area contributed by atoms with Gasteiger partial charge in [-0.3, -0.25) is 4.79 Å². The number of hydrogen-bond acceptors (Lipinski definition) is 4. The Balaban J connectivity index is 1.37. The van der Waals surface area contributed by atoms with Crippen molar-refractivity contribution in [2.75, 3.05) is 26.3 Å². The average molecular weight is 453 g/mol. The smallest absolute Gasteiger partial charge is 0.233 e. The van der Waals surface area contributed by atoms with E-state index in [1.54, 1.807) is 10.7 Å². The van der Waals surface area contributed by atoms with Gasteiger partial charge in [-0.25, -0.2) is 9.50 Å². The Morgan fingerprint density at radius 2 is 1.94 bits per heavy atom. The molecular weight excluding hydrogens is 424 g/mol. The van der Waals surface area contributed by atoms with Crippen LogP contribution in [0.4, 0.5) is 0 Å². The molecule has 1 aliphatic carbocycles. The summed E-state index contributed by atoms with van der Waals surface area (Å²) < 4.78 is 7.71. The third kappa shape index (κ3) is 4.26. The van der Waals surface area contributed by atoms with Crippen LogP contribution in [0.3, 0.4) is 0 Å². The van der Waals surface area contributed by atoms with Gasteiger partial charge < -0.3 is 9.64 Å². The maximum absolute atomic E-state index is 14.1. The van der Waals surface area contributed by atoms with E-state index in [-0.39, 0.29) is 11.8 Å². The Hall–Kier alpha value is -2.44. The highest BCUT2D eigenvalue weighted by Gasteiger charge is 2.44. The van der Waals surface area contributed by atoms with Crippen molar-refractivity contribution in [3.05, 3.63) is 65.1 Å². The number of halogens is 1. The largest absolute Gasteiger partial charge is 0.379 e. The number of ether oxygens (including phenoxy) is 1. The highest BCUT2D eigenvalue weighted by Crippen LogP contribution is 2.41. The highest BCUT2D eigenvalue weighted by atomic mass is 35.5. The molecule has 2 fully saturated rings. The van der Waals surface area contributed by atoms with E-state index >= 15 is 0 Å². The fourth-order valence-electron chi connectivity index (χ4n) is 5.30. The lowest BCUT2D eigenvalue weighted by molar-refractivity contribution is -0.139.